The van der Waals surface area contributed by atoms with Crippen molar-refractivity contribution in [3.05, 3.63) is 95.6 Å². The van der Waals surface area contributed by atoms with Gasteiger partial charge in [-0.1, -0.05) is 36.4 Å². The highest BCUT2D eigenvalue weighted by molar-refractivity contribution is 5.94. The highest BCUT2D eigenvalue weighted by atomic mass is 19.1. The first-order valence-corrected chi connectivity index (χ1v) is 8.75. The predicted octanol–water partition coefficient (Wildman–Crippen LogP) is 5.12. The van der Waals surface area contributed by atoms with Gasteiger partial charge in [0.15, 0.2) is 0 Å². The van der Waals surface area contributed by atoms with E-state index in [-0.39, 0.29) is 5.82 Å². The smallest absolute Gasteiger partial charge is 0.337 e. The van der Waals surface area contributed by atoms with Crippen molar-refractivity contribution in [2.45, 2.75) is 0 Å². The average molecular weight is 372 g/mol. The van der Waals surface area contributed by atoms with E-state index in [1.165, 1.54) is 19.2 Å². The Morgan fingerprint density at radius 2 is 1.75 bits per heavy atom. The Bertz CT molecular complexity index is 1160. The molecule has 4 aromatic rings. The normalized spacial score (nSPS) is 11.2. The van der Waals surface area contributed by atoms with Crippen molar-refractivity contribution >= 4 is 29.2 Å². The zero-order chi connectivity index (χ0) is 19.5. The molecule has 0 bridgehead atoms. The molecule has 0 aliphatic carbocycles. The number of rotatable bonds is 4. The van der Waals surface area contributed by atoms with Crippen LogP contribution >= 0.6 is 0 Å². The number of imidazole rings is 1. The summed E-state index contributed by atoms with van der Waals surface area (Å²) in [6.45, 7) is 0. The number of benzene rings is 3. The maximum absolute atomic E-state index is 13.4. The van der Waals surface area contributed by atoms with Crippen LogP contribution in [0, 0.1) is 5.82 Å². The number of hydrogen-bond acceptors (Lipinski definition) is 3. The number of esters is 1. The summed E-state index contributed by atoms with van der Waals surface area (Å²) in [6, 6.07) is 21.3. The first kappa shape index (κ1) is 17.7. The highest BCUT2D eigenvalue weighted by Gasteiger charge is 2.14. The van der Waals surface area contributed by atoms with Gasteiger partial charge in [-0.15, -0.1) is 0 Å². The molecular weight excluding hydrogens is 355 g/mol. The lowest BCUT2D eigenvalue weighted by Crippen LogP contribution is -2.01. The molecule has 0 N–H and O–H groups in total. The van der Waals surface area contributed by atoms with Gasteiger partial charge < -0.3 is 4.74 Å². The van der Waals surface area contributed by atoms with Crippen LogP contribution in [0.1, 0.15) is 21.7 Å². The number of aromatic nitrogens is 2. The number of halogens is 1. The molecule has 1 heterocycles. The van der Waals surface area contributed by atoms with Crippen molar-refractivity contribution in [2.24, 2.45) is 0 Å². The minimum Gasteiger partial charge on any atom is -0.465 e. The quantitative estimate of drug-likeness (QED) is 0.467. The molecule has 0 aliphatic rings. The van der Waals surface area contributed by atoms with Crippen LogP contribution in [0.4, 0.5) is 4.39 Å². The second-order valence-electron chi connectivity index (χ2n) is 6.22. The molecule has 0 atom stereocenters. The fraction of sp³-hybridized carbons (Fsp3) is 0.0435. The molecule has 5 heteroatoms. The average Bonchev–Trinajstić information content (AvgIpc) is 3.10. The number of fused-ring (bicyclic) bond motifs is 1. The molecule has 0 saturated heterocycles. The van der Waals surface area contributed by atoms with Gasteiger partial charge in [-0.05, 0) is 54.1 Å². The van der Waals surface area contributed by atoms with E-state index in [0.717, 1.165) is 16.8 Å². The van der Waals surface area contributed by atoms with Gasteiger partial charge in [-0.25, -0.2) is 14.2 Å². The highest BCUT2D eigenvalue weighted by Crippen LogP contribution is 2.24. The van der Waals surface area contributed by atoms with Crippen molar-refractivity contribution in [1.82, 2.24) is 9.55 Å². The van der Waals surface area contributed by atoms with Crippen molar-refractivity contribution in [3.8, 4) is 5.69 Å². The van der Waals surface area contributed by atoms with Crippen LogP contribution in [-0.4, -0.2) is 22.6 Å². The van der Waals surface area contributed by atoms with E-state index in [2.05, 4.69) is 4.98 Å². The lowest BCUT2D eigenvalue weighted by Gasteiger charge is -2.07. The molecule has 4 nitrogen and oxygen atoms in total. The van der Waals surface area contributed by atoms with E-state index in [4.69, 9.17) is 4.74 Å². The van der Waals surface area contributed by atoms with E-state index in [0.29, 0.717) is 16.9 Å². The third-order valence-corrected chi connectivity index (χ3v) is 4.41. The number of nitrogens with zero attached hydrogens (tertiary/aromatic N) is 2. The molecule has 28 heavy (non-hydrogen) atoms. The molecular formula is C23H17FN2O2. The minimum absolute atomic E-state index is 0.303. The number of methoxy groups -OCH3 is 1. The third kappa shape index (κ3) is 3.42. The molecule has 1 aromatic heterocycles. The van der Waals surface area contributed by atoms with Gasteiger partial charge in [-0.2, -0.15) is 0 Å². The Morgan fingerprint density at radius 1 is 1.00 bits per heavy atom. The van der Waals surface area contributed by atoms with Crippen molar-refractivity contribution in [2.75, 3.05) is 7.11 Å². The molecule has 0 amide bonds. The SMILES string of the molecule is COC(=O)c1ccc2c(c1)nc(/C=C/c1ccccc1)n2-c1ccc(F)cc1. The maximum atomic E-state index is 13.4. The van der Waals surface area contributed by atoms with Crippen LogP contribution < -0.4 is 0 Å². The zero-order valence-electron chi connectivity index (χ0n) is 15.2. The third-order valence-electron chi connectivity index (χ3n) is 4.41. The van der Waals surface area contributed by atoms with Gasteiger partial charge in [-0.3, -0.25) is 4.57 Å². The molecule has 0 spiro atoms. The number of hydrogen-bond donors (Lipinski definition) is 0. The molecule has 0 fully saturated rings. The molecule has 138 valence electrons. The fourth-order valence-electron chi connectivity index (χ4n) is 3.05. The monoisotopic (exact) mass is 372 g/mol. The summed E-state index contributed by atoms with van der Waals surface area (Å²) in [5, 5.41) is 0. The first-order chi connectivity index (χ1) is 13.7. The van der Waals surface area contributed by atoms with Crippen LogP contribution in [0.15, 0.2) is 72.8 Å². The number of ether oxygens (including phenoxy) is 1. The number of carbonyl (C=O) groups is 1. The summed E-state index contributed by atoms with van der Waals surface area (Å²) in [4.78, 5) is 16.5. The summed E-state index contributed by atoms with van der Waals surface area (Å²) >= 11 is 0. The fourth-order valence-corrected chi connectivity index (χ4v) is 3.05. The Kier molecular flexibility index (Phi) is 4.72. The Morgan fingerprint density at radius 3 is 2.46 bits per heavy atom. The molecule has 0 radical (unpaired) electrons. The standard InChI is InChI=1S/C23H17FN2O2/c1-28-23(27)17-8-13-21-20(15-17)25-22(14-7-16-5-3-2-4-6-16)26(21)19-11-9-18(24)10-12-19/h2-15H,1H3/b14-7+. The second kappa shape index (κ2) is 7.48. The maximum Gasteiger partial charge on any atom is 0.337 e. The molecule has 3 aromatic carbocycles. The minimum atomic E-state index is -0.417. The zero-order valence-corrected chi connectivity index (χ0v) is 15.2. The summed E-state index contributed by atoms with van der Waals surface area (Å²) in [6.07, 6.45) is 3.86. The summed E-state index contributed by atoms with van der Waals surface area (Å²) in [5.41, 5.74) is 3.71. The van der Waals surface area contributed by atoms with Crippen LogP contribution in [0.2, 0.25) is 0 Å². The molecule has 4 rings (SSSR count). The van der Waals surface area contributed by atoms with Gasteiger partial charge in [0.1, 0.15) is 11.6 Å². The molecule has 0 saturated carbocycles. The Hall–Kier alpha value is -3.73. The topological polar surface area (TPSA) is 44.1 Å². The van der Waals surface area contributed by atoms with E-state index in [1.807, 2.05) is 53.1 Å². The summed E-state index contributed by atoms with van der Waals surface area (Å²) in [5.74, 6) is -0.0467. The van der Waals surface area contributed by atoms with Crippen molar-refractivity contribution < 1.29 is 13.9 Å². The summed E-state index contributed by atoms with van der Waals surface area (Å²) in [7, 11) is 1.34. The van der Waals surface area contributed by atoms with E-state index in [1.54, 1.807) is 24.3 Å². The van der Waals surface area contributed by atoms with E-state index >= 15 is 0 Å². The number of carbonyl (C=O) groups excluding carboxylic acids is 1. The molecule has 0 aliphatic heterocycles. The Labute approximate surface area is 161 Å². The van der Waals surface area contributed by atoms with Crippen LogP contribution in [0.5, 0.6) is 0 Å². The summed E-state index contributed by atoms with van der Waals surface area (Å²) < 4.78 is 20.1. The van der Waals surface area contributed by atoms with Crippen molar-refractivity contribution in [3.63, 3.8) is 0 Å². The van der Waals surface area contributed by atoms with E-state index in [9.17, 15) is 9.18 Å². The van der Waals surface area contributed by atoms with Crippen LogP contribution in [0.25, 0.3) is 28.9 Å². The Balaban J connectivity index is 1.88. The predicted molar refractivity (Wildman–Crippen MR) is 108 cm³/mol. The van der Waals surface area contributed by atoms with Crippen LogP contribution in [-0.2, 0) is 4.74 Å². The van der Waals surface area contributed by atoms with Gasteiger partial charge in [0.05, 0.1) is 23.7 Å². The first-order valence-electron chi connectivity index (χ1n) is 8.75. The van der Waals surface area contributed by atoms with Gasteiger partial charge in [0, 0.05) is 5.69 Å². The van der Waals surface area contributed by atoms with Crippen molar-refractivity contribution in [1.29, 1.82) is 0 Å². The van der Waals surface area contributed by atoms with Crippen LogP contribution in [0.3, 0.4) is 0 Å². The van der Waals surface area contributed by atoms with Gasteiger partial charge in [0.25, 0.3) is 0 Å². The lowest BCUT2D eigenvalue weighted by molar-refractivity contribution is 0.0601. The second-order valence-corrected chi connectivity index (χ2v) is 6.22. The van der Waals surface area contributed by atoms with E-state index < -0.39 is 5.97 Å². The lowest BCUT2D eigenvalue weighted by atomic mass is 10.2. The largest absolute Gasteiger partial charge is 0.465 e. The molecule has 0 unspecified atom stereocenters. The van der Waals surface area contributed by atoms with Gasteiger partial charge in [0.2, 0.25) is 0 Å². The van der Waals surface area contributed by atoms with Gasteiger partial charge >= 0.3 is 5.97 Å².